The molecule has 1 fully saturated rings. The highest BCUT2D eigenvalue weighted by molar-refractivity contribution is 5.81. The van der Waals surface area contributed by atoms with Crippen molar-refractivity contribution in [2.45, 2.75) is 19.1 Å². The predicted octanol–water partition coefficient (Wildman–Crippen LogP) is 0.674. The molecule has 0 spiro atoms. The molecule has 1 N–H and O–H groups in total. The quantitative estimate of drug-likeness (QED) is 0.869. The summed E-state index contributed by atoms with van der Waals surface area (Å²) in [5.41, 5.74) is 0. The number of para-hydroxylation sites is 1. The number of amides is 1. The molecule has 104 valence electrons. The Hall–Kier alpha value is -1.59. The van der Waals surface area contributed by atoms with Gasteiger partial charge in [-0.15, -0.1) is 0 Å². The maximum atomic E-state index is 12.2. The van der Waals surface area contributed by atoms with Gasteiger partial charge >= 0.3 is 0 Å². The molecule has 1 aromatic rings. The number of nitrogens with zero attached hydrogens (tertiary/aromatic N) is 1. The maximum Gasteiger partial charge on any atom is 0.263 e. The van der Waals surface area contributed by atoms with E-state index in [1.807, 2.05) is 30.3 Å². The molecule has 2 unspecified atom stereocenters. The average Bonchev–Trinajstić information content (AvgIpc) is 2.47. The first-order valence-corrected chi connectivity index (χ1v) is 6.43. The number of morpholine rings is 1. The molecule has 0 radical (unpaired) electrons. The Balaban J connectivity index is 1.91. The number of benzene rings is 1. The zero-order chi connectivity index (χ0) is 13.7. The number of rotatable bonds is 4. The first kappa shape index (κ1) is 13.8. The van der Waals surface area contributed by atoms with Gasteiger partial charge < -0.3 is 19.5 Å². The molecule has 1 aromatic carbocycles. The van der Waals surface area contributed by atoms with Crippen molar-refractivity contribution < 1.29 is 19.4 Å². The molecule has 2 rings (SSSR count). The van der Waals surface area contributed by atoms with E-state index in [1.165, 1.54) is 0 Å². The zero-order valence-corrected chi connectivity index (χ0v) is 11.0. The standard InChI is InChI=1S/C14H19NO4/c1-11(19-12-5-3-2-4-6-12)14(17)15-7-8-18-13(9-15)10-16/h2-6,11,13,16H,7-10H2,1H3. The first-order chi connectivity index (χ1) is 9.20. The Morgan fingerprint density at radius 1 is 1.53 bits per heavy atom. The van der Waals surface area contributed by atoms with Crippen LogP contribution < -0.4 is 4.74 Å². The van der Waals surface area contributed by atoms with Gasteiger partial charge in [-0.05, 0) is 19.1 Å². The van der Waals surface area contributed by atoms with E-state index in [-0.39, 0.29) is 18.6 Å². The summed E-state index contributed by atoms with van der Waals surface area (Å²) in [5.74, 6) is 0.598. The summed E-state index contributed by atoms with van der Waals surface area (Å²) in [4.78, 5) is 13.9. The summed E-state index contributed by atoms with van der Waals surface area (Å²) in [6.45, 7) is 3.07. The highest BCUT2D eigenvalue weighted by Crippen LogP contribution is 2.13. The fourth-order valence-corrected chi connectivity index (χ4v) is 2.04. The minimum atomic E-state index is -0.542. The van der Waals surface area contributed by atoms with Gasteiger partial charge in [-0.3, -0.25) is 4.79 Å². The van der Waals surface area contributed by atoms with Crippen molar-refractivity contribution in [1.29, 1.82) is 0 Å². The van der Waals surface area contributed by atoms with Gasteiger partial charge in [0.25, 0.3) is 5.91 Å². The van der Waals surface area contributed by atoms with Crippen molar-refractivity contribution in [3.63, 3.8) is 0 Å². The minimum Gasteiger partial charge on any atom is -0.481 e. The van der Waals surface area contributed by atoms with Crippen LogP contribution in [0.5, 0.6) is 5.75 Å². The zero-order valence-electron chi connectivity index (χ0n) is 11.0. The first-order valence-electron chi connectivity index (χ1n) is 6.43. The largest absolute Gasteiger partial charge is 0.481 e. The lowest BCUT2D eigenvalue weighted by Crippen LogP contribution is -2.50. The van der Waals surface area contributed by atoms with Crippen molar-refractivity contribution in [2.75, 3.05) is 26.3 Å². The molecular formula is C14H19NO4. The third-order valence-corrected chi connectivity index (χ3v) is 3.06. The third-order valence-electron chi connectivity index (χ3n) is 3.06. The van der Waals surface area contributed by atoms with Gasteiger partial charge in [-0.1, -0.05) is 18.2 Å². The number of aliphatic hydroxyl groups is 1. The van der Waals surface area contributed by atoms with Crippen molar-refractivity contribution in [3.8, 4) is 5.75 Å². The Morgan fingerprint density at radius 3 is 2.95 bits per heavy atom. The number of hydrogen-bond acceptors (Lipinski definition) is 4. The molecule has 0 aliphatic carbocycles. The van der Waals surface area contributed by atoms with Crippen LogP contribution in [-0.2, 0) is 9.53 Å². The Kier molecular flexibility index (Phi) is 4.76. The van der Waals surface area contributed by atoms with Crippen LogP contribution in [0.15, 0.2) is 30.3 Å². The van der Waals surface area contributed by atoms with E-state index in [0.717, 1.165) is 0 Å². The second-order valence-corrected chi connectivity index (χ2v) is 4.53. The molecule has 5 heteroatoms. The fraction of sp³-hybridized carbons (Fsp3) is 0.500. The molecule has 1 aliphatic heterocycles. The summed E-state index contributed by atoms with van der Waals surface area (Å²) in [6, 6.07) is 9.26. The normalized spacial score (nSPS) is 20.9. The van der Waals surface area contributed by atoms with Crippen LogP contribution in [0, 0.1) is 0 Å². The summed E-state index contributed by atoms with van der Waals surface area (Å²) in [7, 11) is 0. The minimum absolute atomic E-state index is 0.0717. The molecule has 1 saturated heterocycles. The van der Waals surface area contributed by atoms with Gasteiger partial charge in [-0.25, -0.2) is 0 Å². The second-order valence-electron chi connectivity index (χ2n) is 4.53. The Labute approximate surface area is 112 Å². The van der Waals surface area contributed by atoms with Crippen molar-refractivity contribution in [2.24, 2.45) is 0 Å². The van der Waals surface area contributed by atoms with Crippen molar-refractivity contribution >= 4 is 5.91 Å². The van der Waals surface area contributed by atoms with Gasteiger partial charge in [0.2, 0.25) is 0 Å². The van der Waals surface area contributed by atoms with Crippen LogP contribution in [0.2, 0.25) is 0 Å². The molecule has 19 heavy (non-hydrogen) atoms. The summed E-state index contributed by atoms with van der Waals surface area (Å²) in [6.07, 6.45) is -0.832. The molecule has 1 heterocycles. The lowest BCUT2D eigenvalue weighted by molar-refractivity contribution is -0.146. The predicted molar refractivity (Wildman–Crippen MR) is 69.9 cm³/mol. The number of aliphatic hydroxyl groups excluding tert-OH is 1. The van der Waals surface area contributed by atoms with E-state index < -0.39 is 6.10 Å². The lowest BCUT2D eigenvalue weighted by Gasteiger charge is -2.33. The maximum absolute atomic E-state index is 12.2. The fourth-order valence-electron chi connectivity index (χ4n) is 2.04. The second kappa shape index (κ2) is 6.54. The SMILES string of the molecule is CC(Oc1ccccc1)C(=O)N1CCOC(CO)C1. The summed E-state index contributed by atoms with van der Waals surface area (Å²) >= 11 is 0. The molecule has 1 amide bonds. The van der Waals surface area contributed by atoms with E-state index in [0.29, 0.717) is 25.4 Å². The number of carbonyl (C=O) groups excluding carboxylic acids is 1. The Morgan fingerprint density at radius 2 is 2.26 bits per heavy atom. The number of ether oxygens (including phenoxy) is 2. The van der Waals surface area contributed by atoms with Crippen LogP contribution >= 0.6 is 0 Å². The van der Waals surface area contributed by atoms with E-state index in [1.54, 1.807) is 11.8 Å². The third kappa shape index (κ3) is 3.68. The van der Waals surface area contributed by atoms with Gasteiger partial charge in [-0.2, -0.15) is 0 Å². The topological polar surface area (TPSA) is 59.0 Å². The average molecular weight is 265 g/mol. The van der Waals surface area contributed by atoms with Crippen molar-refractivity contribution in [1.82, 2.24) is 4.90 Å². The van der Waals surface area contributed by atoms with Crippen LogP contribution in [0.3, 0.4) is 0 Å². The van der Waals surface area contributed by atoms with Crippen LogP contribution in [0.4, 0.5) is 0 Å². The highest BCUT2D eigenvalue weighted by Gasteiger charge is 2.27. The van der Waals surface area contributed by atoms with E-state index in [9.17, 15) is 4.79 Å². The van der Waals surface area contributed by atoms with Gasteiger partial charge in [0, 0.05) is 13.1 Å². The lowest BCUT2D eigenvalue weighted by atomic mass is 10.2. The smallest absolute Gasteiger partial charge is 0.263 e. The molecular weight excluding hydrogens is 246 g/mol. The van der Waals surface area contributed by atoms with Crippen LogP contribution in [0.25, 0.3) is 0 Å². The number of hydrogen-bond donors (Lipinski definition) is 1. The van der Waals surface area contributed by atoms with E-state index in [2.05, 4.69) is 0 Å². The van der Waals surface area contributed by atoms with Gasteiger partial charge in [0.15, 0.2) is 6.10 Å². The van der Waals surface area contributed by atoms with E-state index >= 15 is 0 Å². The molecule has 2 atom stereocenters. The Bertz CT molecular complexity index is 409. The van der Waals surface area contributed by atoms with E-state index in [4.69, 9.17) is 14.6 Å². The molecule has 0 bridgehead atoms. The molecule has 1 aliphatic rings. The molecule has 5 nitrogen and oxygen atoms in total. The monoisotopic (exact) mass is 265 g/mol. The van der Waals surface area contributed by atoms with Crippen LogP contribution in [0.1, 0.15) is 6.92 Å². The summed E-state index contributed by atoms with van der Waals surface area (Å²) < 4.78 is 10.9. The molecule has 0 aromatic heterocycles. The van der Waals surface area contributed by atoms with Crippen LogP contribution in [-0.4, -0.2) is 54.4 Å². The van der Waals surface area contributed by atoms with Gasteiger partial charge in [0.05, 0.1) is 19.3 Å². The van der Waals surface area contributed by atoms with Crippen molar-refractivity contribution in [3.05, 3.63) is 30.3 Å². The van der Waals surface area contributed by atoms with Gasteiger partial charge in [0.1, 0.15) is 5.75 Å². The molecule has 0 saturated carbocycles. The number of carbonyl (C=O) groups is 1. The highest BCUT2D eigenvalue weighted by atomic mass is 16.5. The summed E-state index contributed by atoms with van der Waals surface area (Å²) in [5, 5.41) is 9.07.